The van der Waals surface area contributed by atoms with Crippen LogP contribution < -0.4 is 5.32 Å². The van der Waals surface area contributed by atoms with Gasteiger partial charge in [0.15, 0.2) is 5.78 Å². The maximum absolute atomic E-state index is 13.0. The Bertz CT molecular complexity index is 1270. The average molecular weight is 574 g/mol. The number of carbonyl (C=O) groups is 3. The molecule has 11 heteroatoms. The lowest BCUT2D eigenvalue weighted by Crippen LogP contribution is -2.37. The van der Waals surface area contributed by atoms with Crippen LogP contribution in [0.1, 0.15) is 34.7 Å². The molecule has 2 aromatic rings. The Morgan fingerprint density at radius 1 is 1.09 bits per heavy atom. The third kappa shape index (κ3) is 5.12. The predicted molar refractivity (Wildman–Crippen MR) is 136 cm³/mol. The van der Waals surface area contributed by atoms with E-state index in [1.807, 2.05) is 6.07 Å². The van der Waals surface area contributed by atoms with E-state index in [1.54, 1.807) is 24.3 Å². The number of ketones is 1. The highest BCUT2D eigenvalue weighted by molar-refractivity contribution is 6.53. The van der Waals surface area contributed by atoms with Gasteiger partial charge in [-0.2, -0.15) is 5.26 Å². The molecule has 0 aliphatic heterocycles. The molecular weight excluding hydrogens is 556 g/mol. The van der Waals surface area contributed by atoms with Crippen molar-refractivity contribution < 1.29 is 14.4 Å². The van der Waals surface area contributed by atoms with Gasteiger partial charge in [-0.15, -0.1) is 23.2 Å². The highest BCUT2D eigenvalue weighted by atomic mass is 35.5. The van der Waals surface area contributed by atoms with Crippen LogP contribution in [-0.4, -0.2) is 40.4 Å². The topological polar surface area (TPSA) is 90.3 Å². The first kappa shape index (κ1) is 26.1. The first-order valence-electron chi connectivity index (χ1n) is 10.5. The Hall–Kier alpha value is -2.01. The van der Waals surface area contributed by atoms with E-state index in [9.17, 15) is 19.6 Å². The number of nitriles is 1. The monoisotopic (exact) mass is 571 g/mol. The maximum Gasteiger partial charge on any atom is 0.243 e. The Morgan fingerprint density at radius 2 is 1.71 bits per heavy atom. The largest absolute Gasteiger partial charge is 0.337 e. The van der Waals surface area contributed by atoms with Crippen molar-refractivity contribution in [1.82, 2.24) is 4.90 Å². The summed E-state index contributed by atoms with van der Waals surface area (Å²) in [5.41, 5.74) is 0.0468. The molecule has 0 radical (unpaired) electrons. The second kappa shape index (κ2) is 9.46. The number of amides is 2. The molecule has 2 fully saturated rings. The second-order valence-electron chi connectivity index (χ2n) is 8.79. The van der Waals surface area contributed by atoms with Gasteiger partial charge in [-0.25, -0.2) is 0 Å². The van der Waals surface area contributed by atoms with Gasteiger partial charge in [-0.1, -0.05) is 34.8 Å². The summed E-state index contributed by atoms with van der Waals surface area (Å²) in [4.78, 5) is 39.5. The number of rotatable bonds is 7. The Kier molecular flexibility index (Phi) is 7.04. The van der Waals surface area contributed by atoms with Gasteiger partial charge in [0.05, 0.1) is 23.6 Å². The van der Waals surface area contributed by atoms with Crippen molar-refractivity contribution in [2.45, 2.75) is 23.1 Å². The van der Waals surface area contributed by atoms with Crippen molar-refractivity contribution in [3.05, 3.63) is 62.6 Å². The minimum Gasteiger partial charge on any atom is -0.337 e. The number of Topliss-reactive ketones (excluding diaryl/α,β-unsaturated/α-hetero) is 1. The highest BCUT2D eigenvalue weighted by Crippen LogP contribution is 2.65. The van der Waals surface area contributed by atoms with Crippen molar-refractivity contribution in [2.24, 2.45) is 11.3 Å². The Balaban J connectivity index is 1.47. The predicted octanol–water partition coefficient (Wildman–Crippen LogP) is 6.12. The van der Waals surface area contributed by atoms with Crippen molar-refractivity contribution in [3.8, 4) is 6.07 Å². The van der Waals surface area contributed by atoms with Gasteiger partial charge in [0, 0.05) is 34.3 Å². The molecule has 2 saturated carbocycles. The van der Waals surface area contributed by atoms with Crippen molar-refractivity contribution in [1.29, 1.82) is 5.26 Å². The quantitative estimate of drug-likeness (QED) is 0.319. The van der Waals surface area contributed by atoms with Gasteiger partial charge in [0.25, 0.3) is 0 Å². The molecule has 0 heterocycles. The molecule has 2 atom stereocenters. The van der Waals surface area contributed by atoms with Crippen LogP contribution in [0.3, 0.4) is 0 Å². The number of likely N-dealkylation sites (N-methyl/N-ethyl adjacent to an activating group) is 1. The van der Waals surface area contributed by atoms with E-state index in [0.29, 0.717) is 34.1 Å². The number of alkyl halides is 2. The number of nitrogens with one attached hydrogen (secondary N) is 1. The highest BCUT2D eigenvalue weighted by Gasteiger charge is 2.67. The molecule has 2 aromatic carbocycles. The van der Waals surface area contributed by atoms with E-state index in [2.05, 4.69) is 5.32 Å². The summed E-state index contributed by atoms with van der Waals surface area (Å²) in [7, 11) is 1.47. The summed E-state index contributed by atoms with van der Waals surface area (Å²) in [6.45, 7) is -0.258. The first-order valence-corrected chi connectivity index (χ1v) is 12.4. The average Bonchev–Trinajstić information content (AvgIpc) is 3.68. The molecule has 0 spiro atoms. The van der Waals surface area contributed by atoms with Crippen LogP contribution in [0.15, 0.2) is 36.4 Å². The van der Waals surface area contributed by atoms with Crippen molar-refractivity contribution in [3.63, 3.8) is 0 Å². The number of hydrogen-bond donors (Lipinski definition) is 1. The van der Waals surface area contributed by atoms with E-state index in [0.717, 1.165) is 0 Å². The number of benzene rings is 2. The van der Waals surface area contributed by atoms with Gasteiger partial charge in [0.1, 0.15) is 9.75 Å². The second-order valence-corrected chi connectivity index (χ2v) is 11.5. The molecule has 2 aliphatic carbocycles. The summed E-state index contributed by atoms with van der Waals surface area (Å²) in [6.07, 6.45) is 0.963. The smallest absolute Gasteiger partial charge is 0.243 e. The van der Waals surface area contributed by atoms with Crippen LogP contribution in [0.4, 0.5) is 5.69 Å². The van der Waals surface area contributed by atoms with Gasteiger partial charge in [-0.3, -0.25) is 14.4 Å². The Morgan fingerprint density at radius 3 is 2.29 bits per heavy atom. The van der Waals surface area contributed by atoms with Gasteiger partial charge < -0.3 is 10.2 Å². The van der Waals surface area contributed by atoms with Crippen LogP contribution in [0.25, 0.3) is 0 Å². The van der Waals surface area contributed by atoms with Crippen LogP contribution in [0.5, 0.6) is 0 Å². The molecule has 35 heavy (non-hydrogen) atoms. The summed E-state index contributed by atoms with van der Waals surface area (Å²) in [6, 6.07) is 11.3. The minimum absolute atomic E-state index is 0.128. The molecule has 0 aromatic heterocycles. The zero-order valence-corrected chi connectivity index (χ0v) is 22.0. The maximum atomic E-state index is 13.0. The minimum atomic E-state index is -1.36. The number of hydrogen-bond acceptors (Lipinski definition) is 4. The van der Waals surface area contributed by atoms with Gasteiger partial charge in [0.2, 0.25) is 11.8 Å². The van der Waals surface area contributed by atoms with E-state index < -0.39 is 39.2 Å². The van der Waals surface area contributed by atoms with Gasteiger partial charge in [-0.05, 0) is 54.8 Å². The lowest BCUT2D eigenvalue weighted by Gasteiger charge is -2.19. The number of halogens is 5. The molecule has 0 saturated heterocycles. The van der Waals surface area contributed by atoms with Crippen LogP contribution in [0, 0.1) is 22.7 Å². The standard InChI is InChI=1S/C24H18Cl5N3O3/c1-32(22(35)23(11-30)4-5-23)10-18(33)16-9-15(2-3-17(16)27)31-21(34)20-19(24(20,28)29)12-6-13(25)8-14(26)7-12/h2-3,6-9,19-20H,4-5,10H2,1H3,(H,31,34). The lowest BCUT2D eigenvalue weighted by atomic mass is 10.1. The number of carbonyl (C=O) groups excluding carboxylic acids is 3. The fourth-order valence-corrected chi connectivity index (χ4v) is 5.69. The molecule has 6 nitrogen and oxygen atoms in total. The third-order valence-corrected chi connectivity index (χ3v) is 7.92. The van der Waals surface area contributed by atoms with Crippen LogP contribution in [0.2, 0.25) is 15.1 Å². The zero-order chi connectivity index (χ0) is 25.7. The van der Waals surface area contributed by atoms with Crippen LogP contribution >= 0.6 is 58.0 Å². The fourth-order valence-electron chi connectivity index (χ4n) is 4.10. The van der Waals surface area contributed by atoms with E-state index in [1.165, 1.54) is 24.1 Å². The molecule has 182 valence electrons. The number of nitrogens with zero attached hydrogens (tertiary/aromatic N) is 2. The van der Waals surface area contributed by atoms with E-state index >= 15 is 0 Å². The van der Waals surface area contributed by atoms with E-state index in [-0.39, 0.29) is 17.1 Å². The summed E-state index contributed by atoms with van der Waals surface area (Å²) >= 11 is 31.2. The fraction of sp³-hybridized carbons (Fsp3) is 0.333. The van der Waals surface area contributed by atoms with Crippen LogP contribution in [-0.2, 0) is 9.59 Å². The molecule has 0 bridgehead atoms. The Labute approximate surface area is 227 Å². The number of anilines is 1. The molecule has 2 amide bonds. The zero-order valence-electron chi connectivity index (χ0n) is 18.2. The molecule has 2 unspecified atom stereocenters. The van der Waals surface area contributed by atoms with Gasteiger partial charge >= 0.3 is 0 Å². The van der Waals surface area contributed by atoms with Crippen molar-refractivity contribution in [2.75, 3.05) is 18.9 Å². The molecular formula is C24H18Cl5N3O3. The summed E-state index contributed by atoms with van der Waals surface area (Å²) < 4.78 is -1.36. The third-order valence-electron chi connectivity index (χ3n) is 6.22. The molecule has 2 aliphatic rings. The van der Waals surface area contributed by atoms with E-state index in [4.69, 9.17) is 58.0 Å². The SMILES string of the molecule is CN(CC(=O)c1cc(NC(=O)C2C(c3cc(Cl)cc(Cl)c3)C2(Cl)Cl)ccc1Cl)C(=O)C1(C#N)CC1. The molecule has 1 N–H and O–H groups in total. The summed E-state index contributed by atoms with van der Waals surface area (Å²) in [5.74, 6) is -2.58. The first-order chi connectivity index (χ1) is 16.4. The van der Waals surface area contributed by atoms with Crippen molar-refractivity contribution >= 4 is 81.3 Å². The summed E-state index contributed by atoms with van der Waals surface area (Å²) in [5, 5.41) is 12.9. The lowest BCUT2D eigenvalue weighted by molar-refractivity contribution is -0.133. The normalized spacial score (nSPS) is 20.9. The molecule has 4 rings (SSSR count).